The van der Waals surface area contributed by atoms with Crippen molar-refractivity contribution in [2.24, 2.45) is 0 Å². The minimum absolute atomic E-state index is 0.0433. The number of aryl methyl sites for hydroxylation is 1. The lowest BCUT2D eigenvalue weighted by Gasteiger charge is -2.35. The SMILES string of the molecule is O=C1CCc2cc(CC(=O)N3CCN(C(=O)C4CCCO4)CC3)ccc2N1. The van der Waals surface area contributed by atoms with Crippen LogP contribution in [0, 0.1) is 0 Å². The molecular weight excluding hydrogens is 346 g/mol. The number of benzene rings is 1. The highest BCUT2D eigenvalue weighted by atomic mass is 16.5. The number of carbonyl (C=O) groups excluding carboxylic acids is 3. The summed E-state index contributed by atoms with van der Waals surface area (Å²) in [4.78, 5) is 40.1. The summed E-state index contributed by atoms with van der Waals surface area (Å²) in [5.74, 6) is 0.192. The molecule has 4 rings (SSSR count). The molecule has 27 heavy (non-hydrogen) atoms. The molecule has 0 radical (unpaired) electrons. The molecule has 1 N–H and O–H groups in total. The van der Waals surface area contributed by atoms with Crippen molar-refractivity contribution >= 4 is 23.4 Å². The quantitative estimate of drug-likeness (QED) is 0.859. The van der Waals surface area contributed by atoms with Crippen molar-refractivity contribution in [2.75, 3.05) is 38.1 Å². The van der Waals surface area contributed by atoms with Crippen LogP contribution in [0.2, 0.25) is 0 Å². The fraction of sp³-hybridized carbons (Fsp3) is 0.550. The van der Waals surface area contributed by atoms with E-state index < -0.39 is 0 Å². The summed E-state index contributed by atoms with van der Waals surface area (Å²) in [5, 5.41) is 2.86. The second kappa shape index (κ2) is 7.68. The summed E-state index contributed by atoms with van der Waals surface area (Å²) < 4.78 is 5.48. The van der Waals surface area contributed by atoms with Crippen LogP contribution in [-0.2, 0) is 32.0 Å². The Morgan fingerprint density at radius 2 is 1.89 bits per heavy atom. The van der Waals surface area contributed by atoms with Gasteiger partial charge in [0.1, 0.15) is 6.10 Å². The highest BCUT2D eigenvalue weighted by molar-refractivity contribution is 5.94. The van der Waals surface area contributed by atoms with Gasteiger partial charge in [-0.25, -0.2) is 0 Å². The Kier molecular flexibility index (Phi) is 5.11. The van der Waals surface area contributed by atoms with Crippen LogP contribution in [0.3, 0.4) is 0 Å². The molecular formula is C20H25N3O4. The minimum Gasteiger partial charge on any atom is -0.368 e. The predicted molar refractivity (Wildman–Crippen MR) is 99.2 cm³/mol. The van der Waals surface area contributed by atoms with Crippen molar-refractivity contribution in [3.63, 3.8) is 0 Å². The second-order valence-electron chi connectivity index (χ2n) is 7.42. The van der Waals surface area contributed by atoms with Crippen LogP contribution in [0.25, 0.3) is 0 Å². The first-order valence-electron chi connectivity index (χ1n) is 9.70. The van der Waals surface area contributed by atoms with Gasteiger partial charge in [0, 0.05) is 44.9 Å². The van der Waals surface area contributed by atoms with E-state index in [9.17, 15) is 14.4 Å². The highest BCUT2D eigenvalue weighted by Gasteiger charge is 2.31. The highest BCUT2D eigenvalue weighted by Crippen LogP contribution is 2.24. The predicted octanol–water partition coefficient (Wildman–Crippen LogP) is 0.964. The maximum atomic E-state index is 12.6. The van der Waals surface area contributed by atoms with Crippen LogP contribution in [0.15, 0.2) is 18.2 Å². The van der Waals surface area contributed by atoms with Gasteiger partial charge >= 0.3 is 0 Å². The fourth-order valence-corrected chi connectivity index (χ4v) is 3.99. The molecule has 3 aliphatic rings. The third-order valence-electron chi connectivity index (χ3n) is 5.57. The van der Waals surface area contributed by atoms with Crippen LogP contribution in [0.1, 0.15) is 30.4 Å². The molecule has 3 amide bonds. The first-order chi connectivity index (χ1) is 13.1. The van der Waals surface area contributed by atoms with Gasteiger partial charge < -0.3 is 19.9 Å². The van der Waals surface area contributed by atoms with E-state index in [4.69, 9.17) is 4.74 Å². The Morgan fingerprint density at radius 3 is 2.63 bits per heavy atom. The smallest absolute Gasteiger partial charge is 0.251 e. The van der Waals surface area contributed by atoms with Gasteiger partial charge in [-0.1, -0.05) is 12.1 Å². The second-order valence-corrected chi connectivity index (χ2v) is 7.42. The molecule has 0 saturated carbocycles. The van der Waals surface area contributed by atoms with E-state index in [0.717, 1.165) is 29.7 Å². The van der Waals surface area contributed by atoms with Crippen LogP contribution in [0.5, 0.6) is 0 Å². The zero-order valence-electron chi connectivity index (χ0n) is 15.4. The van der Waals surface area contributed by atoms with E-state index in [1.165, 1.54) is 0 Å². The van der Waals surface area contributed by atoms with Crippen molar-refractivity contribution in [1.29, 1.82) is 0 Å². The number of piperazine rings is 1. The van der Waals surface area contributed by atoms with Gasteiger partial charge in [-0.3, -0.25) is 14.4 Å². The number of nitrogens with one attached hydrogen (secondary N) is 1. The Morgan fingerprint density at radius 1 is 1.11 bits per heavy atom. The normalized spacial score (nSPS) is 22.4. The average molecular weight is 371 g/mol. The first kappa shape index (κ1) is 18.0. The molecule has 1 aromatic rings. The van der Waals surface area contributed by atoms with Crippen LogP contribution >= 0.6 is 0 Å². The van der Waals surface area contributed by atoms with Crippen molar-refractivity contribution in [2.45, 2.75) is 38.2 Å². The van der Waals surface area contributed by atoms with Crippen LogP contribution in [0.4, 0.5) is 5.69 Å². The van der Waals surface area contributed by atoms with Crippen molar-refractivity contribution in [3.8, 4) is 0 Å². The molecule has 0 bridgehead atoms. The molecule has 1 unspecified atom stereocenters. The Balaban J connectivity index is 1.31. The van der Waals surface area contributed by atoms with Crippen LogP contribution < -0.4 is 5.32 Å². The molecule has 2 fully saturated rings. The molecule has 7 nitrogen and oxygen atoms in total. The molecule has 2 saturated heterocycles. The van der Waals surface area contributed by atoms with E-state index in [1.54, 1.807) is 0 Å². The number of rotatable bonds is 3. The van der Waals surface area contributed by atoms with Gasteiger partial charge in [0.15, 0.2) is 0 Å². The number of carbonyl (C=O) groups is 3. The Hall–Kier alpha value is -2.41. The molecule has 144 valence electrons. The number of amides is 3. The monoisotopic (exact) mass is 371 g/mol. The summed E-state index contributed by atoms with van der Waals surface area (Å²) >= 11 is 0. The zero-order chi connectivity index (χ0) is 18.8. The van der Waals surface area contributed by atoms with Crippen molar-refractivity contribution in [1.82, 2.24) is 9.80 Å². The van der Waals surface area contributed by atoms with E-state index in [0.29, 0.717) is 52.0 Å². The maximum Gasteiger partial charge on any atom is 0.251 e. The van der Waals surface area contributed by atoms with E-state index >= 15 is 0 Å². The average Bonchev–Trinajstić information content (AvgIpc) is 3.22. The molecule has 0 aromatic heterocycles. The Bertz CT molecular complexity index is 750. The van der Waals surface area contributed by atoms with Crippen LogP contribution in [-0.4, -0.2) is 66.4 Å². The van der Waals surface area contributed by atoms with Gasteiger partial charge in [-0.2, -0.15) is 0 Å². The lowest BCUT2D eigenvalue weighted by atomic mass is 9.99. The summed E-state index contributed by atoms with van der Waals surface area (Å²) in [6.07, 6.45) is 3.01. The molecule has 0 spiro atoms. The van der Waals surface area contributed by atoms with Gasteiger partial charge in [0.2, 0.25) is 11.8 Å². The standard InChI is InChI=1S/C20H25N3O4/c24-18-6-4-15-12-14(3-5-16(15)21-18)13-19(25)22-7-9-23(10-8-22)20(26)17-2-1-11-27-17/h3,5,12,17H,1-2,4,6-11,13H2,(H,21,24). The number of hydrogen-bond donors (Lipinski definition) is 1. The van der Waals surface area contributed by atoms with Gasteiger partial charge in [0.25, 0.3) is 5.91 Å². The molecule has 1 atom stereocenters. The number of fused-ring (bicyclic) bond motifs is 1. The summed E-state index contributed by atoms with van der Waals surface area (Å²) in [5.41, 5.74) is 2.91. The number of nitrogens with zero attached hydrogens (tertiary/aromatic N) is 2. The van der Waals surface area contributed by atoms with E-state index in [1.807, 2.05) is 28.0 Å². The molecule has 3 heterocycles. The molecule has 7 heteroatoms. The summed E-state index contributed by atoms with van der Waals surface area (Å²) in [6, 6.07) is 5.80. The van der Waals surface area contributed by atoms with E-state index in [2.05, 4.69) is 5.32 Å². The molecule has 3 aliphatic heterocycles. The van der Waals surface area contributed by atoms with Crippen molar-refractivity contribution in [3.05, 3.63) is 29.3 Å². The van der Waals surface area contributed by atoms with Gasteiger partial charge in [0.05, 0.1) is 6.42 Å². The fourth-order valence-electron chi connectivity index (χ4n) is 3.99. The van der Waals surface area contributed by atoms with Crippen molar-refractivity contribution < 1.29 is 19.1 Å². The maximum absolute atomic E-state index is 12.6. The molecule has 0 aliphatic carbocycles. The lowest BCUT2D eigenvalue weighted by Crippen LogP contribution is -2.53. The minimum atomic E-state index is -0.289. The van der Waals surface area contributed by atoms with Gasteiger partial charge in [-0.05, 0) is 36.5 Å². The largest absolute Gasteiger partial charge is 0.368 e. The van der Waals surface area contributed by atoms with Gasteiger partial charge in [-0.15, -0.1) is 0 Å². The zero-order valence-corrected chi connectivity index (χ0v) is 15.4. The third kappa shape index (κ3) is 3.98. The number of anilines is 1. The lowest BCUT2D eigenvalue weighted by molar-refractivity contribution is -0.145. The first-order valence-corrected chi connectivity index (χ1v) is 9.70. The topological polar surface area (TPSA) is 79.0 Å². The summed E-state index contributed by atoms with van der Waals surface area (Å²) in [7, 11) is 0. The summed E-state index contributed by atoms with van der Waals surface area (Å²) in [6.45, 7) is 2.94. The van der Waals surface area contributed by atoms with E-state index in [-0.39, 0.29) is 23.8 Å². The number of ether oxygens (including phenoxy) is 1. The molecule has 1 aromatic carbocycles. The number of hydrogen-bond acceptors (Lipinski definition) is 4. The third-order valence-corrected chi connectivity index (χ3v) is 5.57. The Labute approximate surface area is 158 Å².